The highest BCUT2D eigenvalue weighted by Crippen LogP contribution is 2.39. The lowest BCUT2D eigenvalue weighted by Crippen LogP contribution is -2.49. The largest absolute Gasteiger partial charge is 0.370 e. The lowest BCUT2D eigenvalue weighted by molar-refractivity contribution is -0.116. The quantitative estimate of drug-likeness (QED) is 0.775. The predicted octanol–water partition coefficient (Wildman–Crippen LogP) is 4.28. The molecule has 0 radical (unpaired) electrons. The highest BCUT2D eigenvalue weighted by molar-refractivity contribution is 4.91. The Hall–Kier alpha value is -0.0800. The van der Waals surface area contributed by atoms with Gasteiger partial charge in [-0.05, 0) is 44.4 Å². The van der Waals surface area contributed by atoms with E-state index in [1.54, 1.807) is 0 Å². The van der Waals surface area contributed by atoms with Crippen LogP contribution in [0.15, 0.2) is 0 Å². The molecule has 2 aliphatic carbocycles. The average Bonchev–Trinajstić information content (AvgIpc) is 2.90. The third-order valence-corrected chi connectivity index (χ3v) is 5.15. The van der Waals surface area contributed by atoms with Gasteiger partial charge in [0.2, 0.25) is 0 Å². The van der Waals surface area contributed by atoms with Gasteiger partial charge in [0.05, 0.1) is 11.7 Å². The van der Waals surface area contributed by atoms with Crippen molar-refractivity contribution in [2.45, 2.75) is 96.3 Å². The first-order valence-corrected chi connectivity index (χ1v) is 8.55. The zero-order valence-corrected chi connectivity index (χ0v) is 13.2. The summed E-state index contributed by atoms with van der Waals surface area (Å²) in [6.45, 7) is 7.86. The normalized spacial score (nSPS) is 33.2. The molecular weight excluding hydrogens is 234 g/mol. The van der Waals surface area contributed by atoms with Gasteiger partial charge in [-0.2, -0.15) is 0 Å². The topological polar surface area (TPSA) is 21.3 Å². The van der Waals surface area contributed by atoms with Gasteiger partial charge in [-0.3, -0.25) is 0 Å². The molecule has 1 N–H and O–H groups in total. The molecule has 0 heterocycles. The summed E-state index contributed by atoms with van der Waals surface area (Å²) >= 11 is 0. The summed E-state index contributed by atoms with van der Waals surface area (Å²) in [6, 6.07) is 0.563. The molecule has 2 rings (SSSR count). The van der Waals surface area contributed by atoms with Gasteiger partial charge in [-0.25, -0.2) is 0 Å². The van der Waals surface area contributed by atoms with Crippen LogP contribution in [0.1, 0.15) is 78.6 Å². The smallest absolute Gasteiger partial charge is 0.0810 e. The van der Waals surface area contributed by atoms with Gasteiger partial charge in [0, 0.05) is 12.6 Å². The van der Waals surface area contributed by atoms with E-state index in [4.69, 9.17) is 4.74 Å². The molecule has 2 aliphatic rings. The number of hydrogen-bond donors (Lipinski definition) is 1. The van der Waals surface area contributed by atoms with Gasteiger partial charge in [0.25, 0.3) is 0 Å². The number of rotatable bonds is 6. The van der Waals surface area contributed by atoms with Crippen molar-refractivity contribution in [3.05, 3.63) is 0 Å². The number of hydrogen-bond acceptors (Lipinski definition) is 2. The second kappa shape index (κ2) is 7.08. The van der Waals surface area contributed by atoms with E-state index in [2.05, 4.69) is 26.1 Å². The van der Waals surface area contributed by atoms with Gasteiger partial charge >= 0.3 is 0 Å². The maximum Gasteiger partial charge on any atom is 0.0810 e. The lowest BCUT2D eigenvalue weighted by atomic mass is 9.77. The molecule has 2 heteroatoms. The molecule has 112 valence electrons. The Morgan fingerprint density at radius 1 is 1.11 bits per heavy atom. The van der Waals surface area contributed by atoms with E-state index in [9.17, 15) is 0 Å². The van der Waals surface area contributed by atoms with Crippen LogP contribution in [0.2, 0.25) is 0 Å². The Labute approximate surface area is 119 Å². The first-order chi connectivity index (χ1) is 9.13. The summed E-state index contributed by atoms with van der Waals surface area (Å²) in [5.74, 6) is 0.944. The van der Waals surface area contributed by atoms with Crippen molar-refractivity contribution in [2.24, 2.45) is 5.92 Å². The summed E-state index contributed by atoms with van der Waals surface area (Å²) in [5.41, 5.74) is 0.144. The minimum absolute atomic E-state index is 0.144. The SMILES string of the molecule is CCC1CCC(CNC(C)C)(OC2CCCC2)CC1. The summed E-state index contributed by atoms with van der Waals surface area (Å²) in [5, 5.41) is 3.64. The van der Waals surface area contributed by atoms with E-state index in [0.717, 1.165) is 12.5 Å². The fourth-order valence-electron chi connectivity index (χ4n) is 3.70. The molecule has 0 aromatic rings. The predicted molar refractivity (Wildman–Crippen MR) is 81.5 cm³/mol. The van der Waals surface area contributed by atoms with Crippen molar-refractivity contribution >= 4 is 0 Å². The maximum atomic E-state index is 6.62. The van der Waals surface area contributed by atoms with E-state index in [0.29, 0.717) is 12.1 Å². The van der Waals surface area contributed by atoms with Crippen LogP contribution in [0.4, 0.5) is 0 Å². The molecule has 0 spiro atoms. The van der Waals surface area contributed by atoms with Crippen molar-refractivity contribution in [2.75, 3.05) is 6.54 Å². The summed E-state index contributed by atoms with van der Waals surface area (Å²) in [6.07, 6.45) is 12.5. The maximum absolute atomic E-state index is 6.62. The van der Waals surface area contributed by atoms with Gasteiger partial charge in [-0.15, -0.1) is 0 Å². The van der Waals surface area contributed by atoms with Crippen LogP contribution in [-0.2, 0) is 4.74 Å². The average molecular weight is 267 g/mol. The molecule has 19 heavy (non-hydrogen) atoms. The second-order valence-electron chi connectivity index (χ2n) is 7.09. The Morgan fingerprint density at radius 3 is 2.26 bits per heavy atom. The Bertz CT molecular complexity index is 250. The van der Waals surface area contributed by atoms with Crippen molar-refractivity contribution in [3.8, 4) is 0 Å². The van der Waals surface area contributed by atoms with Crippen molar-refractivity contribution in [3.63, 3.8) is 0 Å². The van der Waals surface area contributed by atoms with Crippen LogP contribution in [0.3, 0.4) is 0 Å². The van der Waals surface area contributed by atoms with Gasteiger partial charge in [0.15, 0.2) is 0 Å². The third-order valence-electron chi connectivity index (χ3n) is 5.15. The minimum Gasteiger partial charge on any atom is -0.370 e. The molecule has 2 nitrogen and oxygen atoms in total. The molecule has 2 fully saturated rings. The van der Waals surface area contributed by atoms with Crippen LogP contribution in [-0.4, -0.2) is 24.3 Å². The standard InChI is InChI=1S/C17H33NO/c1-4-15-9-11-17(12-10-15,13-18-14(2)3)19-16-7-5-6-8-16/h14-16,18H,4-13H2,1-3H3. The number of ether oxygens (including phenoxy) is 1. The number of nitrogens with one attached hydrogen (secondary N) is 1. The van der Waals surface area contributed by atoms with Crippen LogP contribution in [0, 0.1) is 5.92 Å². The summed E-state index contributed by atoms with van der Waals surface area (Å²) < 4.78 is 6.62. The third kappa shape index (κ3) is 4.46. The molecule has 0 saturated heterocycles. The van der Waals surface area contributed by atoms with Crippen LogP contribution >= 0.6 is 0 Å². The van der Waals surface area contributed by atoms with Gasteiger partial charge in [0.1, 0.15) is 0 Å². The highest BCUT2D eigenvalue weighted by atomic mass is 16.5. The van der Waals surface area contributed by atoms with E-state index < -0.39 is 0 Å². The van der Waals surface area contributed by atoms with Gasteiger partial charge < -0.3 is 10.1 Å². The Balaban J connectivity index is 1.92. The zero-order chi connectivity index (χ0) is 13.7. The van der Waals surface area contributed by atoms with Crippen LogP contribution < -0.4 is 5.32 Å². The lowest BCUT2D eigenvalue weighted by Gasteiger charge is -2.42. The first-order valence-electron chi connectivity index (χ1n) is 8.55. The molecule has 0 unspecified atom stereocenters. The van der Waals surface area contributed by atoms with Crippen molar-refractivity contribution in [1.82, 2.24) is 5.32 Å². The zero-order valence-electron chi connectivity index (χ0n) is 13.2. The molecule has 0 bridgehead atoms. The monoisotopic (exact) mass is 267 g/mol. The molecule has 0 aromatic carbocycles. The van der Waals surface area contributed by atoms with E-state index in [1.165, 1.54) is 57.8 Å². The molecule has 0 aromatic heterocycles. The molecule has 2 saturated carbocycles. The fraction of sp³-hybridized carbons (Fsp3) is 1.00. The van der Waals surface area contributed by atoms with Crippen molar-refractivity contribution < 1.29 is 4.74 Å². The summed E-state index contributed by atoms with van der Waals surface area (Å²) in [7, 11) is 0. The van der Waals surface area contributed by atoms with E-state index in [1.807, 2.05) is 0 Å². The van der Waals surface area contributed by atoms with E-state index >= 15 is 0 Å². The molecule has 0 aliphatic heterocycles. The fourth-order valence-corrected chi connectivity index (χ4v) is 3.70. The molecular formula is C17H33NO. The Morgan fingerprint density at radius 2 is 1.74 bits per heavy atom. The molecule has 0 amide bonds. The second-order valence-corrected chi connectivity index (χ2v) is 7.09. The van der Waals surface area contributed by atoms with Crippen LogP contribution in [0.25, 0.3) is 0 Å². The van der Waals surface area contributed by atoms with Crippen molar-refractivity contribution in [1.29, 1.82) is 0 Å². The minimum atomic E-state index is 0.144. The van der Waals surface area contributed by atoms with E-state index in [-0.39, 0.29) is 5.60 Å². The molecule has 0 atom stereocenters. The highest BCUT2D eigenvalue weighted by Gasteiger charge is 2.38. The van der Waals surface area contributed by atoms with Crippen LogP contribution in [0.5, 0.6) is 0 Å². The first kappa shape index (κ1) is 15.3. The summed E-state index contributed by atoms with van der Waals surface area (Å²) in [4.78, 5) is 0. The van der Waals surface area contributed by atoms with Gasteiger partial charge in [-0.1, -0.05) is 40.0 Å². The Kier molecular flexibility index (Phi) is 5.70.